The lowest BCUT2D eigenvalue weighted by molar-refractivity contribution is -0.132. The molecule has 1 saturated heterocycles. The molecular weight excluding hydrogens is 556 g/mol. The van der Waals surface area contributed by atoms with E-state index in [0.29, 0.717) is 35.6 Å². The number of esters is 1. The van der Waals surface area contributed by atoms with Crippen LogP contribution in [-0.4, -0.2) is 47.1 Å². The standard InChI is InChI=1S/C32H34N2O7S/c1-5-7-8-14-40-23-11-9-10-20(17-23)26-25(27(35)21-12-13-24-22(16-21)15-18(3)41-24)28(36)30(37)34(26)32-33-19(4)29(42-32)31(38)39-6-2/h9-13,16-18,26,35H,5-8,14-15H2,1-4H3/b27-25+/t18-,26+/m1/s1. The number of amides is 1. The molecule has 1 fully saturated rings. The molecule has 0 aliphatic carbocycles. The van der Waals surface area contributed by atoms with Crippen molar-refractivity contribution in [2.45, 2.75) is 65.5 Å². The van der Waals surface area contributed by atoms with Crippen LogP contribution in [0, 0.1) is 6.92 Å². The van der Waals surface area contributed by atoms with Gasteiger partial charge < -0.3 is 19.3 Å². The van der Waals surface area contributed by atoms with Crippen molar-refractivity contribution in [1.29, 1.82) is 0 Å². The monoisotopic (exact) mass is 590 g/mol. The molecule has 2 aliphatic heterocycles. The highest BCUT2D eigenvalue weighted by Gasteiger charge is 2.48. The molecule has 0 unspecified atom stereocenters. The van der Waals surface area contributed by atoms with E-state index in [1.54, 1.807) is 50.2 Å². The highest BCUT2D eigenvalue weighted by molar-refractivity contribution is 7.17. The minimum Gasteiger partial charge on any atom is -0.507 e. The third-order valence-electron chi connectivity index (χ3n) is 7.26. The number of carbonyl (C=O) groups excluding carboxylic acids is 3. The second kappa shape index (κ2) is 12.4. The number of aliphatic hydroxyl groups is 1. The van der Waals surface area contributed by atoms with E-state index in [9.17, 15) is 19.5 Å². The van der Waals surface area contributed by atoms with Crippen molar-refractivity contribution in [3.05, 3.63) is 75.3 Å². The fourth-order valence-electron chi connectivity index (χ4n) is 5.26. The molecule has 220 valence electrons. The first-order chi connectivity index (χ1) is 20.2. The maximum Gasteiger partial charge on any atom is 0.350 e. The van der Waals surface area contributed by atoms with Crippen molar-refractivity contribution in [1.82, 2.24) is 4.98 Å². The zero-order chi connectivity index (χ0) is 30.0. The van der Waals surface area contributed by atoms with Crippen molar-refractivity contribution in [2.24, 2.45) is 0 Å². The van der Waals surface area contributed by atoms with Crippen LogP contribution in [-0.2, 0) is 20.7 Å². The van der Waals surface area contributed by atoms with Gasteiger partial charge in [0.15, 0.2) is 5.13 Å². The number of ketones is 1. The molecule has 9 nitrogen and oxygen atoms in total. The van der Waals surface area contributed by atoms with Gasteiger partial charge in [0.1, 0.15) is 28.2 Å². The third kappa shape index (κ3) is 5.63. The number of aliphatic hydroxyl groups excluding tert-OH is 1. The molecule has 2 atom stereocenters. The van der Waals surface area contributed by atoms with E-state index >= 15 is 0 Å². The van der Waals surface area contributed by atoms with E-state index in [1.807, 2.05) is 13.0 Å². The van der Waals surface area contributed by atoms with Crippen LogP contribution in [0.25, 0.3) is 5.76 Å². The molecule has 3 heterocycles. The summed E-state index contributed by atoms with van der Waals surface area (Å²) in [6, 6.07) is 11.4. The van der Waals surface area contributed by atoms with Crippen molar-refractivity contribution in [3.63, 3.8) is 0 Å². The Kier molecular flexibility index (Phi) is 8.63. The van der Waals surface area contributed by atoms with Gasteiger partial charge in [0, 0.05) is 12.0 Å². The summed E-state index contributed by atoms with van der Waals surface area (Å²) in [5.74, 6) is -1.23. The molecule has 0 spiro atoms. The number of carbonyl (C=O) groups is 3. The van der Waals surface area contributed by atoms with Crippen LogP contribution in [0.2, 0.25) is 0 Å². The van der Waals surface area contributed by atoms with E-state index in [4.69, 9.17) is 14.2 Å². The fraction of sp³-hybridized carbons (Fsp3) is 0.375. The summed E-state index contributed by atoms with van der Waals surface area (Å²) in [5.41, 5.74) is 2.20. The smallest absolute Gasteiger partial charge is 0.350 e. The zero-order valence-electron chi connectivity index (χ0n) is 24.1. The second-order valence-corrected chi connectivity index (χ2v) is 11.4. The Bertz CT molecular complexity index is 1560. The minimum absolute atomic E-state index is 0.00442. The largest absolute Gasteiger partial charge is 0.507 e. The van der Waals surface area contributed by atoms with Gasteiger partial charge >= 0.3 is 11.9 Å². The van der Waals surface area contributed by atoms with Crippen LogP contribution in [0.15, 0.2) is 48.0 Å². The molecule has 0 radical (unpaired) electrons. The average molecular weight is 591 g/mol. The van der Waals surface area contributed by atoms with Crippen molar-refractivity contribution < 1.29 is 33.7 Å². The van der Waals surface area contributed by atoms with Gasteiger partial charge in [-0.1, -0.05) is 43.2 Å². The van der Waals surface area contributed by atoms with Gasteiger partial charge in [-0.25, -0.2) is 9.78 Å². The average Bonchev–Trinajstić information content (AvgIpc) is 3.62. The summed E-state index contributed by atoms with van der Waals surface area (Å²) in [6.07, 6.45) is 3.67. The lowest BCUT2D eigenvalue weighted by Gasteiger charge is -2.23. The highest BCUT2D eigenvalue weighted by Crippen LogP contribution is 2.45. The number of unbranched alkanes of at least 4 members (excludes halogenated alkanes) is 2. The number of anilines is 1. The normalized spacial score (nSPS) is 19.1. The number of rotatable bonds is 10. The maximum absolute atomic E-state index is 13.7. The predicted molar refractivity (Wildman–Crippen MR) is 159 cm³/mol. The first-order valence-electron chi connectivity index (χ1n) is 14.2. The summed E-state index contributed by atoms with van der Waals surface area (Å²) < 4.78 is 16.9. The number of Topliss-reactive ketones (excluding diaryl/α,β-unsaturated/α-hetero) is 1. The van der Waals surface area contributed by atoms with Gasteiger partial charge in [-0.05, 0) is 68.7 Å². The Hall–Kier alpha value is -4.18. The number of hydrogen-bond acceptors (Lipinski definition) is 9. The van der Waals surface area contributed by atoms with Gasteiger partial charge in [-0.15, -0.1) is 0 Å². The Morgan fingerprint density at radius 3 is 2.74 bits per heavy atom. The molecule has 42 heavy (non-hydrogen) atoms. The molecule has 2 aliphatic rings. The first-order valence-corrected chi connectivity index (χ1v) is 15.0. The number of aromatic nitrogens is 1. The molecule has 5 rings (SSSR count). The molecule has 1 aromatic heterocycles. The summed E-state index contributed by atoms with van der Waals surface area (Å²) in [4.78, 5) is 45.8. The van der Waals surface area contributed by atoms with E-state index in [-0.39, 0.29) is 34.1 Å². The number of ether oxygens (including phenoxy) is 3. The summed E-state index contributed by atoms with van der Waals surface area (Å²) in [5, 5.41) is 11.8. The third-order valence-corrected chi connectivity index (χ3v) is 8.39. The maximum atomic E-state index is 13.7. The SMILES string of the molecule is CCCCCOc1cccc([C@H]2/C(=C(\O)c3ccc4c(c3)C[C@@H](C)O4)C(=O)C(=O)N2c2nc(C)c(C(=O)OCC)s2)c1. The number of aryl methyl sites for hydroxylation is 1. The van der Waals surface area contributed by atoms with Crippen LogP contribution in [0.3, 0.4) is 0 Å². The van der Waals surface area contributed by atoms with Crippen LogP contribution in [0.4, 0.5) is 5.13 Å². The second-order valence-electron chi connectivity index (χ2n) is 10.4. The van der Waals surface area contributed by atoms with Crippen molar-refractivity contribution in [2.75, 3.05) is 18.1 Å². The molecule has 2 aromatic carbocycles. The summed E-state index contributed by atoms with van der Waals surface area (Å²) >= 11 is 0.974. The number of benzene rings is 2. The molecule has 0 saturated carbocycles. The van der Waals surface area contributed by atoms with Crippen molar-refractivity contribution in [3.8, 4) is 11.5 Å². The predicted octanol–water partition coefficient (Wildman–Crippen LogP) is 6.15. The summed E-state index contributed by atoms with van der Waals surface area (Å²) in [6.45, 7) is 8.15. The van der Waals surface area contributed by atoms with Crippen molar-refractivity contribution >= 4 is 39.9 Å². The quantitative estimate of drug-likeness (QED) is 0.0984. The Morgan fingerprint density at radius 1 is 1.17 bits per heavy atom. The Labute approximate surface area is 248 Å². The molecular formula is C32H34N2O7S. The fourth-order valence-corrected chi connectivity index (χ4v) is 6.25. The molecule has 3 aromatic rings. The van der Waals surface area contributed by atoms with Gasteiger partial charge in [0.05, 0.1) is 30.5 Å². The van der Waals surface area contributed by atoms with Crippen LogP contribution >= 0.6 is 11.3 Å². The van der Waals surface area contributed by atoms with E-state index in [2.05, 4.69) is 11.9 Å². The molecule has 1 amide bonds. The lowest BCUT2D eigenvalue weighted by atomic mass is 9.94. The number of fused-ring (bicyclic) bond motifs is 1. The molecule has 1 N–H and O–H groups in total. The van der Waals surface area contributed by atoms with Crippen LogP contribution in [0.1, 0.15) is 78.1 Å². The number of hydrogen-bond donors (Lipinski definition) is 1. The van der Waals surface area contributed by atoms with Crippen LogP contribution < -0.4 is 14.4 Å². The minimum atomic E-state index is -1.01. The van der Waals surface area contributed by atoms with Gasteiger partial charge in [0.25, 0.3) is 5.78 Å². The van der Waals surface area contributed by atoms with E-state index in [1.165, 1.54) is 4.90 Å². The Balaban J connectivity index is 1.62. The van der Waals surface area contributed by atoms with E-state index < -0.39 is 23.7 Å². The first kappa shape index (κ1) is 29.3. The van der Waals surface area contributed by atoms with E-state index in [0.717, 1.165) is 41.9 Å². The number of thiazole rings is 1. The topological polar surface area (TPSA) is 115 Å². The van der Waals surface area contributed by atoms with Gasteiger partial charge in [-0.3, -0.25) is 14.5 Å². The zero-order valence-corrected chi connectivity index (χ0v) is 25.0. The Morgan fingerprint density at radius 2 is 1.98 bits per heavy atom. The highest BCUT2D eigenvalue weighted by atomic mass is 32.1. The van der Waals surface area contributed by atoms with Crippen LogP contribution in [0.5, 0.6) is 11.5 Å². The summed E-state index contributed by atoms with van der Waals surface area (Å²) in [7, 11) is 0. The molecule has 0 bridgehead atoms. The van der Waals surface area contributed by atoms with Gasteiger partial charge in [0.2, 0.25) is 0 Å². The molecule has 10 heteroatoms. The van der Waals surface area contributed by atoms with Gasteiger partial charge in [-0.2, -0.15) is 0 Å². The lowest BCUT2D eigenvalue weighted by Crippen LogP contribution is -2.29. The number of nitrogens with zero attached hydrogens (tertiary/aromatic N) is 2.